The maximum absolute atomic E-state index is 8.90. The lowest BCUT2D eigenvalue weighted by molar-refractivity contribution is 0.304. The molecule has 0 aliphatic rings. The molecule has 2 aromatic rings. The van der Waals surface area contributed by atoms with Crippen molar-refractivity contribution in [1.29, 1.82) is 0 Å². The van der Waals surface area contributed by atoms with E-state index in [0.29, 0.717) is 13.1 Å². The zero-order chi connectivity index (χ0) is 14.4. The molecule has 0 saturated carbocycles. The van der Waals surface area contributed by atoms with Gasteiger partial charge in [0.1, 0.15) is 5.82 Å². The van der Waals surface area contributed by atoms with Crippen LogP contribution < -0.4 is 10.2 Å². The first-order chi connectivity index (χ1) is 9.72. The van der Waals surface area contributed by atoms with Gasteiger partial charge in [0.05, 0.1) is 35.7 Å². The van der Waals surface area contributed by atoms with E-state index < -0.39 is 0 Å². The van der Waals surface area contributed by atoms with Gasteiger partial charge in [0, 0.05) is 19.0 Å². The predicted molar refractivity (Wildman–Crippen MR) is 83.4 cm³/mol. The number of pyridine rings is 1. The van der Waals surface area contributed by atoms with Crippen LogP contribution in [0.5, 0.6) is 0 Å². The fraction of sp³-hybridized carbons (Fsp3) is 0.429. The van der Waals surface area contributed by atoms with Crippen molar-refractivity contribution < 1.29 is 5.11 Å². The Morgan fingerprint density at radius 2 is 2.25 bits per heavy atom. The molecule has 0 aliphatic heterocycles. The van der Waals surface area contributed by atoms with Gasteiger partial charge in [-0.25, -0.2) is 9.97 Å². The minimum Gasteiger partial charge on any atom is -0.395 e. The van der Waals surface area contributed by atoms with Crippen LogP contribution in [0.1, 0.15) is 17.6 Å². The summed E-state index contributed by atoms with van der Waals surface area (Å²) >= 11 is 1.69. The van der Waals surface area contributed by atoms with Crippen molar-refractivity contribution in [3.8, 4) is 0 Å². The zero-order valence-electron chi connectivity index (χ0n) is 11.8. The quantitative estimate of drug-likeness (QED) is 0.818. The minimum atomic E-state index is 0.139. The molecule has 0 aliphatic carbocycles. The minimum absolute atomic E-state index is 0.139. The molecule has 0 atom stereocenters. The maximum atomic E-state index is 8.90. The van der Waals surface area contributed by atoms with Crippen LogP contribution in [0, 0.1) is 0 Å². The smallest absolute Gasteiger partial charge is 0.126 e. The molecule has 2 rings (SSSR count). The number of nitrogens with one attached hydrogen (secondary N) is 1. The Morgan fingerprint density at radius 1 is 1.40 bits per heavy atom. The Bertz CT molecular complexity index is 526. The summed E-state index contributed by atoms with van der Waals surface area (Å²) in [4.78, 5) is 10.8. The van der Waals surface area contributed by atoms with Crippen molar-refractivity contribution in [3.63, 3.8) is 0 Å². The first kappa shape index (κ1) is 14.7. The molecule has 0 radical (unpaired) electrons. The molecule has 0 spiro atoms. The summed E-state index contributed by atoms with van der Waals surface area (Å²) in [6.45, 7) is 3.54. The van der Waals surface area contributed by atoms with Crippen molar-refractivity contribution >= 4 is 22.8 Å². The number of aliphatic hydroxyl groups excluding tert-OH is 1. The summed E-state index contributed by atoms with van der Waals surface area (Å²) in [5, 5.41) is 15.4. The Morgan fingerprint density at radius 3 is 2.85 bits per heavy atom. The van der Waals surface area contributed by atoms with Crippen molar-refractivity contribution in [3.05, 3.63) is 34.4 Å². The normalized spacial score (nSPS) is 10.6. The Labute approximate surface area is 123 Å². The van der Waals surface area contributed by atoms with Crippen molar-refractivity contribution in [1.82, 2.24) is 9.97 Å². The Kier molecular flexibility index (Phi) is 5.31. The van der Waals surface area contributed by atoms with Gasteiger partial charge in [-0.05, 0) is 18.6 Å². The molecule has 0 unspecified atom stereocenters. The highest BCUT2D eigenvalue weighted by molar-refractivity contribution is 7.09. The lowest BCUT2D eigenvalue weighted by Crippen LogP contribution is -2.21. The monoisotopic (exact) mass is 292 g/mol. The van der Waals surface area contributed by atoms with Crippen LogP contribution in [0.2, 0.25) is 0 Å². The van der Waals surface area contributed by atoms with E-state index in [2.05, 4.69) is 27.6 Å². The highest BCUT2D eigenvalue weighted by atomic mass is 32.1. The number of hydrogen-bond donors (Lipinski definition) is 2. The third-order valence-corrected chi connectivity index (χ3v) is 4.02. The van der Waals surface area contributed by atoms with Crippen molar-refractivity contribution in [2.45, 2.75) is 19.9 Å². The third kappa shape index (κ3) is 3.91. The largest absolute Gasteiger partial charge is 0.395 e. The molecular formula is C14H20N4OS. The van der Waals surface area contributed by atoms with E-state index in [1.165, 1.54) is 0 Å². The number of aliphatic hydroxyl groups is 1. The van der Waals surface area contributed by atoms with E-state index >= 15 is 0 Å². The highest BCUT2D eigenvalue weighted by Crippen LogP contribution is 2.15. The van der Waals surface area contributed by atoms with Crippen molar-refractivity contribution in [2.75, 3.05) is 30.4 Å². The summed E-state index contributed by atoms with van der Waals surface area (Å²) in [7, 11) is 1.93. The second-order valence-electron chi connectivity index (χ2n) is 4.49. The molecule has 0 bridgehead atoms. The number of rotatable bonds is 7. The van der Waals surface area contributed by atoms with E-state index in [0.717, 1.165) is 28.6 Å². The number of thiazole rings is 1. The zero-order valence-corrected chi connectivity index (χ0v) is 12.7. The number of hydrogen-bond acceptors (Lipinski definition) is 6. The summed E-state index contributed by atoms with van der Waals surface area (Å²) < 4.78 is 0. The van der Waals surface area contributed by atoms with Gasteiger partial charge >= 0.3 is 0 Å². The van der Waals surface area contributed by atoms with Crippen LogP contribution in [-0.4, -0.2) is 35.3 Å². The molecule has 2 aromatic heterocycles. The van der Waals surface area contributed by atoms with Gasteiger partial charge in [-0.2, -0.15) is 0 Å². The molecule has 0 aromatic carbocycles. The molecule has 0 saturated heterocycles. The Balaban J connectivity index is 1.90. The summed E-state index contributed by atoms with van der Waals surface area (Å²) in [5.74, 6) is 0.831. The van der Waals surface area contributed by atoms with Crippen LogP contribution in [0.3, 0.4) is 0 Å². The Hall–Kier alpha value is -1.66. The molecule has 0 amide bonds. The molecule has 20 heavy (non-hydrogen) atoms. The summed E-state index contributed by atoms with van der Waals surface area (Å²) in [6.07, 6.45) is 2.78. The maximum Gasteiger partial charge on any atom is 0.126 e. The van der Waals surface area contributed by atoms with Gasteiger partial charge in [0.2, 0.25) is 0 Å². The van der Waals surface area contributed by atoms with Crippen molar-refractivity contribution in [2.24, 2.45) is 0 Å². The second-order valence-corrected chi connectivity index (χ2v) is 5.43. The fourth-order valence-corrected chi connectivity index (χ4v) is 2.51. The topological polar surface area (TPSA) is 61.3 Å². The molecule has 2 N–H and O–H groups in total. The van der Waals surface area contributed by atoms with Gasteiger partial charge in [-0.15, -0.1) is 11.3 Å². The SMILES string of the molecule is CCc1nc(CNc2ccc(N(C)CCO)cn2)cs1. The molecule has 0 fully saturated rings. The molecule has 5 nitrogen and oxygen atoms in total. The standard InChI is InChI=1S/C14H20N4OS/c1-3-14-17-11(10-20-14)8-15-13-5-4-12(9-16-13)18(2)6-7-19/h4-5,9-10,19H,3,6-8H2,1-2H3,(H,15,16). The highest BCUT2D eigenvalue weighted by Gasteiger charge is 2.03. The van der Waals surface area contributed by atoms with Crippen LogP contribution in [-0.2, 0) is 13.0 Å². The van der Waals surface area contributed by atoms with Crippen LogP contribution in [0.15, 0.2) is 23.7 Å². The number of aromatic nitrogens is 2. The number of aryl methyl sites for hydroxylation is 1. The van der Waals surface area contributed by atoms with Crippen LogP contribution in [0.25, 0.3) is 0 Å². The van der Waals surface area contributed by atoms with Gasteiger partial charge in [0.25, 0.3) is 0 Å². The predicted octanol–water partition coefficient (Wildman–Crippen LogP) is 2.14. The number of anilines is 2. The van der Waals surface area contributed by atoms with Gasteiger partial charge in [-0.1, -0.05) is 6.92 Å². The first-order valence-electron chi connectivity index (χ1n) is 6.68. The molecular weight excluding hydrogens is 272 g/mol. The van der Waals surface area contributed by atoms with Crippen LogP contribution in [0.4, 0.5) is 11.5 Å². The average Bonchev–Trinajstić information content (AvgIpc) is 2.94. The summed E-state index contributed by atoms with van der Waals surface area (Å²) in [5.41, 5.74) is 2.04. The molecule has 6 heteroatoms. The summed E-state index contributed by atoms with van der Waals surface area (Å²) in [6, 6.07) is 3.93. The first-order valence-corrected chi connectivity index (χ1v) is 7.56. The number of likely N-dealkylation sites (N-methyl/N-ethyl adjacent to an activating group) is 1. The van der Waals surface area contributed by atoms with Gasteiger partial charge in [0.15, 0.2) is 0 Å². The lowest BCUT2D eigenvalue weighted by atomic mass is 10.3. The lowest BCUT2D eigenvalue weighted by Gasteiger charge is -2.17. The van der Waals surface area contributed by atoms with Crippen LogP contribution >= 0.6 is 11.3 Å². The van der Waals surface area contributed by atoms with E-state index in [4.69, 9.17) is 5.11 Å². The van der Waals surface area contributed by atoms with Gasteiger partial charge in [-0.3, -0.25) is 0 Å². The molecule has 108 valence electrons. The molecule has 2 heterocycles. The van der Waals surface area contributed by atoms with E-state index in [1.54, 1.807) is 17.5 Å². The second kappa shape index (κ2) is 7.21. The van der Waals surface area contributed by atoms with Gasteiger partial charge < -0.3 is 15.3 Å². The average molecular weight is 292 g/mol. The van der Waals surface area contributed by atoms with E-state index in [-0.39, 0.29) is 6.61 Å². The number of nitrogens with zero attached hydrogens (tertiary/aromatic N) is 3. The third-order valence-electron chi connectivity index (χ3n) is 2.98. The fourth-order valence-electron chi connectivity index (χ4n) is 1.77. The van der Waals surface area contributed by atoms with E-state index in [9.17, 15) is 0 Å². The van der Waals surface area contributed by atoms with E-state index in [1.807, 2.05) is 24.1 Å².